The summed E-state index contributed by atoms with van der Waals surface area (Å²) in [7, 11) is 0. The molecule has 1 aliphatic heterocycles. The van der Waals surface area contributed by atoms with Crippen molar-refractivity contribution in [2.45, 2.75) is 0 Å². The Morgan fingerprint density at radius 1 is 1.15 bits per heavy atom. The summed E-state index contributed by atoms with van der Waals surface area (Å²) in [5, 5.41) is 8.75. The molecule has 0 atom stereocenters. The quantitative estimate of drug-likeness (QED) is 0.835. The summed E-state index contributed by atoms with van der Waals surface area (Å²) in [4.78, 5) is 26.7. The van der Waals surface area contributed by atoms with Gasteiger partial charge in [-0.3, -0.25) is 14.5 Å². The maximum absolute atomic E-state index is 12.4. The van der Waals surface area contributed by atoms with E-state index in [2.05, 4.69) is 31.9 Å². The van der Waals surface area contributed by atoms with E-state index >= 15 is 0 Å². The van der Waals surface area contributed by atoms with E-state index in [4.69, 9.17) is 5.11 Å². The molecule has 0 bridgehead atoms. The minimum atomic E-state index is -0.834. The molecule has 1 aliphatic rings. The normalized spacial score (nSPS) is 16.2. The fourth-order valence-electron chi connectivity index (χ4n) is 2.13. The second kappa shape index (κ2) is 6.69. The number of hydrogen-bond donors (Lipinski definition) is 1. The van der Waals surface area contributed by atoms with Crippen LogP contribution in [0.3, 0.4) is 0 Å². The first-order valence-electron chi connectivity index (χ1n) is 6.16. The van der Waals surface area contributed by atoms with Gasteiger partial charge in [0.2, 0.25) is 0 Å². The predicted octanol–water partition coefficient (Wildman–Crippen LogP) is 2.05. The molecule has 0 saturated carbocycles. The van der Waals surface area contributed by atoms with E-state index in [0.29, 0.717) is 31.7 Å². The summed E-state index contributed by atoms with van der Waals surface area (Å²) in [5.41, 5.74) is 0.617. The first kappa shape index (κ1) is 15.5. The molecule has 0 aliphatic carbocycles. The van der Waals surface area contributed by atoms with Gasteiger partial charge in [0.25, 0.3) is 5.91 Å². The van der Waals surface area contributed by atoms with Crippen LogP contribution in [0, 0.1) is 0 Å². The maximum Gasteiger partial charge on any atom is 0.317 e. The molecule has 1 aromatic rings. The Kier molecular flexibility index (Phi) is 5.17. The summed E-state index contributed by atoms with van der Waals surface area (Å²) in [6.45, 7) is 2.30. The Hall–Kier alpha value is -0.920. The molecule has 0 spiro atoms. The van der Waals surface area contributed by atoms with E-state index in [1.807, 2.05) is 17.0 Å². The number of amides is 1. The highest BCUT2D eigenvalue weighted by Crippen LogP contribution is 2.23. The second-order valence-electron chi connectivity index (χ2n) is 4.59. The molecule has 1 N–H and O–H groups in total. The number of hydrogen-bond acceptors (Lipinski definition) is 3. The lowest BCUT2D eigenvalue weighted by atomic mass is 10.2. The van der Waals surface area contributed by atoms with Crippen molar-refractivity contribution in [2.75, 3.05) is 32.7 Å². The van der Waals surface area contributed by atoms with Gasteiger partial charge < -0.3 is 10.0 Å². The van der Waals surface area contributed by atoms with Crippen LogP contribution in [0.4, 0.5) is 0 Å². The number of piperazine rings is 1. The number of carbonyl (C=O) groups excluding carboxylic acids is 1. The molecular weight excluding hydrogens is 392 g/mol. The van der Waals surface area contributed by atoms with Gasteiger partial charge in [0.15, 0.2) is 0 Å². The Labute approximate surface area is 133 Å². The van der Waals surface area contributed by atoms with Crippen LogP contribution in [0.1, 0.15) is 10.4 Å². The summed E-state index contributed by atoms with van der Waals surface area (Å²) >= 11 is 6.75. The number of aliphatic carboxylic acids is 1. The fourth-order valence-corrected chi connectivity index (χ4v) is 2.91. The van der Waals surface area contributed by atoms with Gasteiger partial charge in [-0.2, -0.15) is 0 Å². The van der Waals surface area contributed by atoms with Crippen molar-refractivity contribution in [3.8, 4) is 0 Å². The third kappa shape index (κ3) is 3.80. The van der Waals surface area contributed by atoms with Crippen LogP contribution >= 0.6 is 31.9 Å². The number of carbonyl (C=O) groups is 2. The van der Waals surface area contributed by atoms with Crippen molar-refractivity contribution in [1.29, 1.82) is 0 Å². The summed E-state index contributed by atoms with van der Waals surface area (Å²) in [6, 6.07) is 5.49. The number of carboxylic acids is 1. The first-order chi connectivity index (χ1) is 9.47. The van der Waals surface area contributed by atoms with Gasteiger partial charge in [0, 0.05) is 35.1 Å². The molecule has 1 fully saturated rings. The van der Waals surface area contributed by atoms with Gasteiger partial charge in [-0.15, -0.1) is 0 Å². The topological polar surface area (TPSA) is 60.9 Å². The van der Waals surface area contributed by atoms with E-state index < -0.39 is 5.97 Å². The number of carboxylic acid groups (broad SMARTS) is 1. The Bertz CT molecular complexity index is 528. The lowest BCUT2D eigenvalue weighted by Crippen LogP contribution is -2.49. The molecule has 1 saturated heterocycles. The van der Waals surface area contributed by atoms with Gasteiger partial charge in [-0.25, -0.2) is 0 Å². The molecule has 108 valence electrons. The van der Waals surface area contributed by atoms with Crippen LogP contribution in [-0.4, -0.2) is 59.5 Å². The molecule has 20 heavy (non-hydrogen) atoms. The molecule has 0 aromatic heterocycles. The van der Waals surface area contributed by atoms with Crippen molar-refractivity contribution in [2.24, 2.45) is 0 Å². The van der Waals surface area contributed by atoms with Gasteiger partial charge >= 0.3 is 5.97 Å². The number of halogens is 2. The molecule has 2 rings (SSSR count). The van der Waals surface area contributed by atoms with Gasteiger partial charge in [0.1, 0.15) is 0 Å². The standard InChI is InChI=1S/C13H14Br2N2O3/c14-9-1-2-11(15)10(7-9)13(20)17-5-3-16(4-6-17)8-12(18)19/h1-2,7H,3-6,8H2,(H,18,19). The predicted molar refractivity (Wildman–Crippen MR) is 81.8 cm³/mol. The minimum Gasteiger partial charge on any atom is -0.480 e. The highest BCUT2D eigenvalue weighted by Gasteiger charge is 2.24. The van der Waals surface area contributed by atoms with E-state index in [9.17, 15) is 9.59 Å². The average molecular weight is 406 g/mol. The van der Waals surface area contributed by atoms with Crippen LogP contribution in [0.5, 0.6) is 0 Å². The fraction of sp³-hybridized carbons (Fsp3) is 0.385. The first-order valence-corrected chi connectivity index (χ1v) is 7.74. The molecule has 0 unspecified atom stereocenters. The lowest BCUT2D eigenvalue weighted by Gasteiger charge is -2.34. The number of benzene rings is 1. The SMILES string of the molecule is O=C(O)CN1CCN(C(=O)c2cc(Br)ccc2Br)CC1. The van der Waals surface area contributed by atoms with Crippen LogP contribution in [0.15, 0.2) is 27.1 Å². The zero-order valence-corrected chi connectivity index (χ0v) is 13.9. The van der Waals surface area contributed by atoms with E-state index in [1.54, 1.807) is 11.0 Å². The molecule has 5 nitrogen and oxygen atoms in total. The molecule has 0 radical (unpaired) electrons. The summed E-state index contributed by atoms with van der Waals surface area (Å²) in [6.07, 6.45) is 0. The Morgan fingerprint density at radius 2 is 1.80 bits per heavy atom. The molecule has 7 heteroatoms. The molecular formula is C13H14Br2N2O3. The van der Waals surface area contributed by atoms with Crippen LogP contribution < -0.4 is 0 Å². The lowest BCUT2D eigenvalue weighted by molar-refractivity contribution is -0.138. The molecule has 1 aromatic carbocycles. The van der Waals surface area contributed by atoms with Crippen LogP contribution in [0.2, 0.25) is 0 Å². The van der Waals surface area contributed by atoms with Crippen molar-refractivity contribution in [1.82, 2.24) is 9.80 Å². The van der Waals surface area contributed by atoms with Crippen molar-refractivity contribution < 1.29 is 14.7 Å². The van der Waals surface area contributed by atoms with Crippen LogP contribution in [0.25, 0.3) is 0 Å². The smallest absolute Gasteiger partial charge is 0.317 e. The van der Waals surface area contributed by atoms with Crippen molar-refractivity contribution >= 4 is 43.7 Å². The third-order valence-corrected chi connectivity index (χ3v) is 4.36. The second-order valence-corrected chi connectivity index (χ2v) is 6.36. The van der Waals surface area contributed by atoms with Gasteiger partial charge in [0.05, 0.1) is 12.1 Å². The average Bonchev–Trinajstić information content (AvgIpc) is 2.41. The van der Waals surface area contributed by atoms with E-state index in [-0.39, 0.29) is 12.5 Å². The summed E-state index contributed by atoms with van der Waals surface area (Å²) < 4.78 is 1.62. The zero-order valence-electron chi connectivity index (χ0n) is 10.7. The summed E-state index contributed by atoms with van der Waals surface area (Å²) in [5.74, 6) is -0.868. The number of rotatable bonds is 3. The van der Waals surface area contributed by atoms with Crippen LogP contribution in [-0.2, 0) is 4.79 Å². The Balaban J connectivity index is 2.01. The number of nitrogens with zero attached hydrogens (tertiary/aromatic N) is 2. The van der Waals surface area contributed by atoms with Gasteiger partial charge in [-0.1, -0.05) is 15.9 Å². The third-order valence-electron chi connectivity index (χ3n) is 3.18. The highest BCUT2D eigenvalue weighted by molar-refractivity contribution is 9.11. The molecule has 1 amide bonds. The minimum absolute atomic E-state index is 0.0304. The monoisotopic (exact) mass is 404 g/mol. The van der Waals surface area contributed by atoms with Crippen molar-refractivity contribution in [3.05, 3.63) is 32.7 Å². The highest BCUT2D eigenvalue weighted by atomic mass is 79.9. The largest absolute Gasteiger partial charge is 0.480 e. The molecule has 1 heterocycles. The van der Waals surface area contributed by atoms with Crippen molar-refractivity contribution in [3.63, 3.8) is 0 Å². The van der Waals surface area contributed by atoms with E-state index in [0.717, 1.165) is 8.95 Å². The zero-order chi connectivity index (χ0) is 14.7. The Morgan fingerprint density at radius 3 is 2.40 bits per heavy atom. The van der Waals surface area contributed by atoms with Gasteiger partial charge in [-0.05, 0) is 34.1 Å². The van der Waals surface area contributed by atoms with E-state index in [1.165, 1.54) is 0 Å². The maximum atomic E-state index is 12.4.